The van der Waals surface area contributed by atoms with Crippen LogP contribution in [0.4, 0.5) is 0 Å². The van der Waals surface area contributed by atoms with Gasteiger partial charge < -0.3 is 0 Å². The summed E-state index contributed by atoms with van der Waals surface area (Å²) in [5, 5.41) is 24.5. The topological polar surface area (TPSA) is 63.7 Å². The van der Waals surface area contributed by atoms with Crippen LogP contribution in [0.5, 0.6) is 0 Å². The second-order valence-electron chi connectivity index (χ2n) is 5.69. The van der Waals surface area contributed by atoms with Crippen LogP contribution < -0.4 is 0 Å². The van der Waals surface area contributed by atoms with Crippen LogP contribution in [-0.2, 0) is 10.0 Å². The van der Waals surface area contributed by atoms with Gasteiger partial charge in [-0.05, 0) is 45.9 Å². The lowest BCUT2D eigenvalue weighted by molar-refractivity contribution is -0.182. The Bertz CT molecular complexity index is 510. The molecule has 0 aromatic heterocycles. The fourth-order valence-electron chi connectivity index (χ4n) is 2.02. The molecule has 1 fully saturated rings. The van der Waals surface area contributed by atoms with Crippen molar-refractivity contribution in [3.63, 3.8) is 0 Å². The Kier molecular flexibility index (Phi) is 3.04. The van der Waals surface area contributed by atoms with E-state index in [-0.39, 0.29) is 17.2 Å². The molecule has 103 valence electrons. The molecular weight excluding hydrogens is 268 g/mol. The van der Waals surface area contributed by atoms with Crippen molar-refractivity contribution >= 4 is 17.4 Å². The van der Waals surface area contributed by atoms with Gasteiger partial charge in [0.25, 0.3) is 0 Å². The SMILES string of the molecule is CC1(C)N([O])/C(=C2\C=C(Cl)C=CC2=O)N(O)C1(C)C. The first-order valence-corrected chi connectivity index (χ1v) is 6.29. The van der Waals surface area contributed by atoms with Crippen molar-refractivity contribution in [2.45, 2.75) is 38.8 Å². The van der Waals surface area contributed by atoms with Gasteiger partial charge in [0.15, 0.2) is 11.6 Å². The smallest absolute Gasteiger partial charge is 0.189 e. The summed E-state index contributed by atoms with van der Waals surface area (Å²) in [5.41, 5.74) is -1.62. The highest BCUT2D eigenvalue weighted by atomic mass is 35.5. The number of allylic oxidation sites excluding steroid dienone is 5. The summed E-state index contributed by atoms with van der Waals surface area (Å²) in [6, 6.07) is 0. The number of ketones is 1. The van der Waals surface area contributed by atoms with Crippen LogP contribution in [0.25, 0.3) is 0 Å². The van der Waals surface area contributed by atoms with Crippen LogP contribution in [0, 0.1) is 0 Å². The van der Waals surface area contributed by atoms with E-state index in [9.17, 15) is 15.2 Å². The first-order valence-electron chi connectivity index (χ1n) is 5.91. The maximum Gasteiger partial charge on any atom is 0.189 e. The normalized spacial score (nSPS) is 29.0. The minimum atomic E-state index is -0.883. The maximum absolute atomic E-state index is 12.4. The highest BCUT2D eigenvalue weighted by molar-refractivity contribution is 6.33. The molecular formula is C13H16ClN2O3. The van der Waals surface area contributed by atoms with Gasteiger partial charge in [0, 0.05) is 5.03 Å². The summed E-state index contributed by atoms with van der Waals surface area (Å²) in [5.74, 6) is -0.421. The molecule has 0 amide bonds. The number of hydrogen-bond acceptors (Lipinski definition) is 4. The Morgan fingerprint density at radius 3 is 2.21 bits per heavy atom. The number of halogens is 1. The Morgan fingerprint density at radius 2 is 1.74 bits per heavy atom. The summed E-state index contributed by atoms with van der Waals surface area (Å²) < 4.78 is 0. The first kappa shape index (κ1) is 14.1. The van der Waals surface area contributed by atoms with Crippen LogP contribution in [0.3, 0.4) is 0 Å². The number of carbonyl (C=O) groups is 1. The van der Waals surface area contributed by atoms with Gasteiger partial charge in [-0.1, -0.05) is 16.8 Å². The zero-order valence-corrected chi connectivity index (χ0v) is 12.0. The molecule has 0 aromatic rings. The van der Waals surface area contributed by atoms with Crippen molar-refractivity contribution in [2.75, 3.05) is 0 Å². The van der Waals surface area contributed by atoms with Gasteiger partial charge in [0.1, 0.15) is 0 Å². The Hall–Kier alpha value is -1.30. The molecule has 1 saturated heterocycles. The Balaban J connectivity index is 2.64. The summed E-state index contributed by atoms with van der Waals surface area (Å²) in [6.07, 6.45) is 4.13. The Morgan fingerprint density at radius 1 is 1.16 bits per heavy atom. The van der Waals surface area contributed by atoms with E-state index in [1.807, 2.05) is 0 Å². The number of hydrogen-bond donors (Lipinski definition) is 1. The van der Waals surface area contributed by atoms with Gasteiger partial charge in [-0.3, -0.25) is 10.0 Å². The fraction of sp³-hybridized carbons (Fsp3) is 0.462. The van der Waals surface area contributed by atoms with Gasteiger partial charge in [-0.2, -0.15) is 5.06 Å². The van der Waals surface area contributed by atoms with Crippen LogP contribution in [0.15, 0.2) is 34.7 Å². The van der Waals surface area contributed by atoms with Crippen LogP contribution in [0.1, 0.15) is 27.7 Å². The predicted molar refractivity (Wildman–Crippen MR) is 69.4 cm³/mol. The van der Waals surface area contributed by atoms with Crippen molar-refractivity contribution < 1.29 is 15.2 Å². The van der Waals surface area contributed by atoms with E-state index in [2.05, 4.69) is 0 Å². The highest BCUT2D eigenvalue weighted by Crippen LogP contribution is 2.45. The van der Waals surface area contributed by atoms with Crippen molar-refractivity contribution in [1.82, 2.24) is 10.1 Å². The molecule has 0 atom stereocenters. The molecule has 1 aliphatic heterocycles. The molecule has 1 N–H and O–H groups in total. The van der Waals surface area contributed by atoms with Gasteiger partial charge in [0.2, 0.25) is 0 Å². The molecule has 2 aliphatic rings. The van der Waals surface area contributed by atoms with E-state index in [1.165, 1.54) is 18.2 Å². The zero-order chi connectivity index (χ0) is 14.6. The maximum atomic E-state index is 12.4. The van der Waals surface area contributed by atoms with E-state index in [0.717, 1.165) is 5.06 Å². The third kappa shape index (κ3) is 1.81. The van der Waals surface area contributed by atoms with E-state index >= 15 is 0 Å². The minimum Gasteiger partial charge on any atom is -0.289 e. The van der Waals surface area contributed by atoms with Crippen molar-refractivity contribution in [2.24, 2.45) is 0 Å². The third-order valence-corrected chi connectivity index (χ3v) is 4.35. The molecule has 1 radical (unpaired) electrons. The summed E-state index contributed by atoms with van der Waals surface area (Å²) in [4.78, 5) is 11.9. The lowest BCUT2D eigenvalue weighted by Crippen LogP contribution is -2.52. The third-order valence-electron chi connectivity index (χ3n) is 4.11. The van der Waals surface area contributed by atoms with E-state index in [4.69, 9.17) is 11.6 Å². The molecule has 0 aromatic carbocycles. The predicted octanol–water partition coefficient (Wildman–Crippen LogP) is 2.37. The van der Waals surface area contributed by atoms with Gasteiger partial charge in [-0.15, -0.1) is 0 Å². The quantitative estimate of drug-likeness (QED) is 0.693. The fourth-order valence-corrected chi connectivity index (χ4v) is 2.20. The molecule has 6 heteroatoms. The van der Waals surface area contributed by atoms with Gasteiger partial charge in [-0.25, -0.2) is 5.06 Å². The Labute approximate surface area is 117 Å². The van der Waals surface area contributed by atoms with Crippen LogP contribution in [0.2, 0.25) is 0 Å². The summed E-state index contributed by atoms with van der Waals surface area (Å²) in [7, 11) is 0. The van der Waals surface area contributed by atoms with Crippen molar-refractivity contribution in [3.8, 4) is 0 Å². The average molecular weight is 284 g/mol. The summed E-state index contributed by atoms with van der Waals surface area (Å²) >= 11 is 5.86. The number of nitrogens with zero attached hydrogens (tertiary/aromatic N) is 2. The minimum absolute atomic E-state index is 0.0671. The molecule has 1 aliphatic carbocycles. The average Bonchev–Trinajstić information content (AvgIpc) is 2.43. The number of carbonyl (C=O) groups excluding carboxylic acids is 1. The van der Waals surface area contributed by atoms with Gasteiger partial charge in [0.05, 0.1) is 16.7 Å². The van der Waals surface area contributed by atoms with E-state index < -0.39 is 11.1 Å². The molecule has 19 heavy (non-hydrogen) atoms. The standard InChI is InChI=1S/C13H16ClN2O3/c1-12(2)13(3,4)16(19)11(15(12)18)9-7-8(14)5-6-10(9)17/h5-7,18H,1-4H3/b11-9+. The van der Waals surface area contributed by atoms with Gasteiger partial charge >= 0.3 is 0 Å². The monoisotopic (exact) mass is 283 g/mol. The molecule has 0 spiro atoms. The molecule has 1 heterocycles. The van der Waals surface area contributed by atoms with Crippen LogP contribution in [-0.4, -0.2) is 32.2 Å². The zero-order valence-electron chi connectivity index (χ0n) is 11.3. The van der Waals surface area contributed by atoms with Crippen molar-refractivity contribution in [1.29, 1.82) is 0 Å². The number of rotatable bonds is 0. The first-order chi connectivity index (χ1) is 8.60. The lowest BCUT2D eigenvalue weighted by Gasteiger charge is -2.36. The van der Waals surface area contributed by atoms with E-state index in [1.54, 1.807) is 27.7 Å². The molecule has 0 bridgehead atoms. The van der Waals surface area contributed by atoms with Crippen LogP contribution >= 0.6 is 11.6 Å². The molecule has 2 rings (SSSR count). The summed E-state index contributed by atoms with van der Waals surface area (Å²) in [6.45, 7) is 6.90. The number of hydroxylamine groups is 4. The molecule has 5 nitrogen and oxygen atoms in total. The largest absolute Gasteiger partial charge is 0.289 e. The molecule has 0 saturated carbocycles. The molecule has 0 unspecified atom stereocenters. The van der Waals surface area contributed by atoms with Crippen molar-refractivity contribution in [3.05, 3.63) is 34.7 Å². The lowest BCUT2D eigenvalue weighted by atomic mass is 9.84. The second-order valence-corrected chi connectivity index (χ2v) is 6.12. The van der Waals surface area contributed by atoms with E-state index in [0.29, 0.717) is 10.1 Å². The second kappa shape index (κ2) is 4.10. The highest BCUT2D eigenvalue weighted by Gasteiger charge is 2.57.